The first-order valence-electron chi connectivity index (χ1n) is 8.24. The van der Waals surface area contributed by atoms with Gasteiger partial charge in [0.2, 0.25) is 0 Å². The van der Waals surface area contributed by atoms with Crippen LogP contribution in [0.15, 0.2) is 0 Å². The summed E-state index contributed by atoms with van der Waals surface area (Å²) in [6, 6.07) is 1.03. The predicted octanol–water partition coefficient (Wildman–Crippen LogP) is 2.89. The highest BCUT2D eigenvalue weighted by molar-refractivity contribution is 5.74. The van der Waals surface area contributed by atoms with E-state index in [9.17, 15) is 9.90 Å². The highest BCUT2D eigenvalue weighted by Gasteiger charge is 2.52. The SMILES string of the molecule is O=C(O)C1CC2CCCCC2N1C1CC2CCC1C2. The van der Waals surface area contributed by atoms with Crippen LogP contribution in [0.3, 0.4) is 0 Å². The second kappa shape index (κ2) is 4.47. The van der Waals surface area contributed by atoms with Gasteiger partial charge in [-0.25, -0.2) is 0 Å². The second-order valence-corrected chi connectivity index (χ2v) is 7.39. The summed E-state index contributed by atoms with van der Waals surface area (Å²) in [7, 11) is 0. The molecule has 6 atom stereocenters. The lowest BCUT2D eigenvalue weighted by molar-refractivity contribution is -0.144. The van der Waals surface area contributed by atoms with Crippen LogP contribution < -0.4 is 0 Å². The zero-order valence-electron chi connectivity index (χ0n) is 11.6. The Morgan fingerprint density at radius 1 is 0.895 bits per heavy atom. The van der Waals surface area contributed by atoms with Crippen LogP contribution in [-0.4, -0.2) is 34.1 Å². The van der Waals surface area contributed by atoms with E-state index < -0.39 is 5.97 Å². The maximum atomic E-state index is 11.7. The molecule has 3 nitrogen and oxygen atoms in total. The van der Waals surface area contributed by atoms with Crippen LogP contribution in [0, 0.1) is 17.8 Å². The molecule has 0 aromatic rings. The molecule has 19 heavy (non-hydrogen) atoms. The molecule has 4 fully saturated rings. The number of hydrogen-bond acceptors (Lipinski definition) is 2. The third kappa shape index (κ3) is 1.84. The van der Waals surface area contributed by atoms with Gasteiger partial charge in [0.1, 0.15) is 6.04 Å². The minimum atomic E-state index is -0.558. The fraction of sp³-hybridized carbons (Fsp3) is 0.938. The van der Waals surface area contributed by atoms with E-state index in [4.69, 9.17) is 0 Å². The molecule has 6 unspecified atom stereocenters. The highest BCUT2D eigenvalue weighted by atomic mass is 16.4. The molecule has 3 saturated carbocycles. The van der Waals surface area contributed by atoms with Crippen molar-refractivity contribution in [3.63, 3.8) is 0 Å². The number of aliphatic carboxylic acids is 1. The maximum absolute atomic E-state index is 11.7. The van der Waals surface area contributed by atoms with Crippen molar-refractivity contribution in [2.45, 2.75) is 75.9 Å². The highest BCUT2D eigenvalue weighted by Crippen LogP contribution is 2.51. The molecule has 0 aromatic heterocycles. The van der Waals surface area contributed by atoms with Crippen molar-refractivity contribution in [2.75, 3.05) is 0 Å². The number of carboxylic acid groups (broad SMARTS) is 1. The molecule has 4 rings (SSSR count). The average molecular weight is 263 g/mol. The van der Waals surface area contributed by atoms with Crippen LogP contribution in [0.1, 0.15) is 57.8 Å². The van der Waals surface area contributed by atoms with Crippen LogP contribution >= 0.6 is 0 Å². The van der Waals surface area contributed by atoms with Gasteiger partial charge in [0.15, 0.2) is 0 Å². The third-order valence-electron chi connectivity index (χ3n) is 6.51. The van der Waals surface area contributed by atoms with Crippen molar-refractivity contribution >= 4 is 5.97 Å². The van der Waals surface area contributed by atoms with Gasteiger partial charge in [0.25, 0.3) is 0 Å². The Bertz CT molecular complexity index is 383. The van der Waals surface area contributed by atoms with Gasteiger partial charge in [0.05, 0.1) is 0 Å². The Hall–Kier alpha value is -0.570. The first kappa shape index (κ1) is 12.2. The lowest BCUT2D eigenvalue weighted by Gasteiger charge is -2.40. The number of nitrogens with zero attached hydrogens (tertiary/aromatic N) is 1. The molecule has 0 aromatic carbocycles. The number of likely N-dealkylation sites (tertiary alicyclic amines) is 1. The van der Waals surface area contributed by atoms with Crippen molar-refractivity contribution in [3.05, 3.63) is 0 Å². The van der Waals surface area contributed by atoms with Gasteiger partial charge in [0, 0.05) is 12.1 Å². The van der Waals surface area contributed by atoms with E-state index in [1.54, 1.807) is 0 Å². The Morgan fingerprint density at radius 2 is 1.68 bits per heavy atom. The largest absolute Gasteiger partial charge is 0.480 e. The Morgan fingerprint density at radius 3 is 2.37 bits per heavy atom. The van der Waals surface area contributed by atoms with Gasteiger partial charge in [-0.1, -0.05) is 19.3 Å². The Kier molecular flexibility index (Phi) is 2.87. The summed E-state index contributed by atoms with van der Waals surface area (Å²) in [6.07, 6.45) is 11.5. The molecule has 0 radical (unpaired) electrons. The summed E-state index contributed by atoms with van der Waals surface area (Å²) < 4.78 is 0. The number of fused-ring (bicyclic) bond motifs is 3. The van der Waals surface area contributed by atoms with Crippen LogP contribution in [0.2, 0.25) is 0 Å². The summed E-state index contributed by atoms with van der Waals surface area (Å²) in [5.41, 5.74) is 0. The lowest BCUT2D eigenvalue weighted by atomic mass is 9.84. The molecular weight excluding hydrogens is 238 g/mol. The van der Waals surface area contributed by atoms with E-state index in [0.717, 1.165) is 18.3 Å². The van der Waals surface area contributed by atoms with Crippen molar-refractivity contribution in [3.8, 4) is 0 Å². The van der Waals surface area contributed by atoms with E-state index in [-0.39, 0.29) is 6.04 Å². The molecule has 3 aliphatic carbocycles. The maximum Gasteiger partial charge on any atom is 0.320 e. The zero-order valence-corrected chi connectivity index (χ0v) is 11.6. The molecule has 1 heterocycles. The van der Waals surface area contributed by atoms with E-state index in [2.05, 4.69) is 4.90 Å². The molecule has 106 valence electrons. The van der Waals surface area contributed by atoms with E-state index in [0.29, 0.717) is 18.0 Å². The summed E-state index contributed by atoms with van der Waals surface area (Å²) in [5, 5.41) is 9.62. The normalized spacial score (nSPS) is 49.5. The van der Waals surface area contributed by atoms with Gasteiger partial charge in [-0.15, -0.1) is 0 Å². The molecule has 1 aliphatic heterocycles. The summed E-state index contributed by atoms with van der Waals surface area (Å²) >= 11 is 0. The molecule has 0 amide bonds. The van der Waals surface area contributed by atoms with Crippen LogP contribution in [0.5, 0.6) is 0 Å². The summed E-state index contributed by atoms with van der Waals surface area (Å²) in [6.45, 7) is 0. The van der Waals surface area contributed by atoms with Crippen molar-refractivity contribution < 1.29 is 9.90 Å². The monoisotopic (exact) mass is 263 g/mol. The smallest absolute Gasteiger partial charge is 0.320 e. The first-order valence-corrected chi connectivity index (χ1v) is 8.24. The van der Waals surface area contributed by atoms with Gasteiger partial charge in [-0.05, 0) is 56.3 Å². The van der Waals surface area contributed by atoms with Gasteiger partial charge < -0.3 is 5.11 Å². The number of hydrogen-bond donors (Lipinski definition) is 1. The quantitative estimate of drug-likeness (QED) is 0.833. The molecular formula is C16H25NO2. The minimum absolute atomic E-state index is 0.169. The second-order valence-electron chi connectivity index (χ2n) is 7.39. The van der Waals surface area contributed by atoms with Gasteiger partial charge in [-0.3, -0.25) is 9.69 Å². The van der Waals surface area contributed by atoms with E-state index >= 15 is 0 Å². The number of carboxylic acids is 1. The Balaban J connectivity index is 1.61. The van der Waals surface area contributed by atoms with Gasteiger partial charge in [-0.2, -0.15) is 0 Å². The average Bonchev–Trinajstić information content (AvgIpc) is 3.10. The molecule has 1 N–H and O–H groups in total. The molecule has 3 heteroatoms. The Labute approximate surface area is 115 Å². The van der Waals surface area contributed by atoms with Crippen LogP contribution in [0.4, 0.5) is 0 Å². The molecule has 1 saturated heterocycles. The first-order chi connectivity index (χ1) is 9.24. The predicted molar refractivity (Wildman–Crippen MR) is 72.9 cm³/mol. The molecule has 0 spiro atoms. The van der Waals surface area contributed by atoms with E-state index in [1.165, 1.54) is 51.4 Å². The summed E-state index contributed by atoms with van der Waals surface area (Å²) in [4.78, 5) is 14.2. The zero-order chi connectivity index (χ0) is 13.0. The topological polar surface area (TPSA) is 40.5 Å². The fourth-order valence-corrected chi connectivity index (χ4v) is 5.78. The van der Waals surface area contributed by atoms with E-state index in [1.807, 2.05) is 0 Å². The molecule has 4 aliphatic rings. The molecule has 2 bridgehead atoms. The fourth-order valence-electron chi connectivity index (χ4n) is 5.78. The van der Waals surface area contributed by atoms with Crippen molar-refractivity contribution in [1.82, 2.24) is 4.90 Å². The van der Waals surface area contributed by atoms with Crippen LogP contribution in [0.25, 0.3) is 0 Å². The number of carbonyl (C=O) groups is 1. The van der Waals surface area contributed by atoms with Gasteiger partial charge >= 0.3 is 5.97 Å². The number of rotatable bonds is 2. The summed E-state index contributed by atoms with van der Waals surface area (Å²) in [5.74, 6) is 1.84. The van der Waals surface area contributed by atoms with Crippen LogP contribution in [-0.2, 0) is 4.79 Å². The standard InChI is InChI=1S/C16H25NO2/c18-16(19)15-9-11-3-1-2-4-13(11)17(15)14-8-10-5-6-12(14)7-10/h10-15H,1-9H2,(H,18,19). The van der Waals surface area contributed by atoms with Crippen molar-refractivity contribution in [2.24, 2.45) is 17.8 Å². The third-order valence-corrected chi connectivity index (χ3v) is 6.51. The minimum Gasteiger partial charge on any atom is -0.480 e. The van der Waals surface area contributed by atoms with Crippen molar-refractivity contribution in [1.29, 1.82) is 0 Å². The lowest BCUT2D eigenvalue weighted by Crippen LogP contribution is -2.50.